The van der Waals surface area contributed by atoms with Crippen molar-refractivity contribution in [3.8, 4) is 0 Å². The van der Waals surface area contributed by atoms with Gasteiger partial charge in [0, 0.05) is 25.7 Å². The Labute approximate surface area is 163 Å². The van der Waals surface area contributed by atoms with E-state index in [-0.39, 0.29) is 32.0 Å². The molecule has 0 bridgehead atoms. The molecule has 0 aromatic rings. The third-order valence-electron chi connectivity index (χ3n) is 3.57. The molecule has 0 amide bonds. The molecule has 0 aliphatic rings. The van der Waals surface area contributed by atoms with Gasteiger partial charge in [-0.3, -0.25) is 24.0 Å². The third-order valence-corrected chi connectivity index (χ3v) is 3.57. The number of ether oxygens (including phenoxy) is 4. The van der Waals surface area contributed by atoms with Crippen LogP contribution in [0.5, 0.6) is 0 Å². The highest BCUT2D eigenvalue weighted by molar-refractivity contribution is 5.74. The average Bonchev–Trinajstić information content (AvgIpc) is 2.71. The first-order chi connectivity index (χ1) is 13.3. The van der Waals surface area contributed by atoms with Gasteiger partial charge in [-0.1, -0.05) is 27.7 Å². The Hall–Kier alpha value is -2.49. The van der Waals surface area contributed by atoms with Crippen molar-refractivity contribution in [3.05, 3.63) is 0 Å². The van der Waals surface area contributed by atoms with Gasteiger partial charge in [0.2, 0.25) is 0 Å². The average molecular weight is 404 g/mol. The van der Waals surface area contributed by atoms with Crippen molar-refractivity contribution in [2.45, 2.75) is 77.8 Å². The molecule has 10 heteroatoms. The molecular weight excluding hydrogens is 376 g/mol. The highest BCUT2D eigenvalue weighted by Crippen LogP contribution is 2.20. The summed E-state index contributed by atoms with van der Waals surface area (Å²) in [4.78, 5) is 58.6. The van der Waals surface area contributed by atoms with E-state index >= 15 is 0 Å². The highest BCUT2D eigenvalue weighted by atomic mass is 16.6. The van der Waals surface area contributed by atoms with Crippen molar-refractivity contribution in [1.82, 2.24) is 0 Å². The maximum absolute atomic E-state index is 11.9. The number of esters is 4. The van der Waals surface area contributed by atoms with E-state index in [1.807, 2.05) is 0 Å². The van der Waals surface area contributed by atoms with E-state index in [4.69, 9.17) is 18.9 Å². The molecule has 0 saturated carbocycles. The monoisotopic (exact) mass is 404 g/mol. The first-order valence-corrected chi connectivity index (χ1v) is 9.11. The summed E-state index contributed by atoms with van der Waals surface area (Å²) in [6, 6.07) is 0. The molecule has 0 aliphatic heterocycles. The standard InChI is InChI=1S/C18H28O10/c1-5-13(21)25-11(9-19)17(27-15(23)7-3)18(28-16(24)8-4)12(10-20)26-14(22)6-2/h9,11-12,17-18,20H,5-8,10H2,1-4H3/t11-,12+,17+,18+/m0/s1. The summed E-state index contributed by atoms with van der Waals surface area (Å²) >= 11 is 0. The number of aliphatic hydroxyl groups excluding tert-OH is 1. The first kappa shape index (κ1) is 25.5. The van der Waals surface area contributed by atoms with Crippen LogP contribution in [0.15, 0.2) is 0 Å². The minimum absolute atomic E-state index is 0.0354. The van der Waals surface area contributed by atoms with E-state index in [1.165, 1.54) is 27.7 Å². The van der Waals surface area contributed by atoms with Crippen LogP contribution in [0.1, 0.15) is 53.4 Å². The van der Waals surface area contributed by atoms with E-state index in [2.05, 4.69) is 0 Å². The molecule has 0 rings (SSSR count). The van der Waals surface area contributed by atoms with E-state index < -0.39 is 54.9 Å². The van der Waals surface area contributed by atoms with Crippen LogP contribution in [0, 0.1) is 0 Å². The van der Waals surface area contributed by atoms with Gasteiger partial charge in [-0.15, -0.1) is 0 Å². The SMILES string of the molecule is CCC(=O)O[C@@H]([C@H](OC(=O)CC)[C@@H](CO)OC(=O)CC)[C@H](C=O)OC(=O)CC. The Morgan fingerprint density at radius 2 is 1.11 bits per heavy atom. The number of hydrogen-bond acceptors (Lipinski definition) is 10. The molecule has 4 atom stereocenters. The van der Waals surface area contributed by atoms with Crippen molar-refractivity contribution in [2.75, 3.05) is 6.61 Å². The Balaban J connectivity index is 6.02. The van der Waals surface area contributed by atoms with E-state index in [0.29, 0.717) is 0 Å². The summed E-state index contributed by atoms with van der Waals surface area (Å²) in [6.07, 6.45) is -6.31. The summed E-state index contributed by atoms with van der Waals surface area (Å²) in [5.74, 6) is -3.02. The van der Waals surface area contributed by atoms with Gasteiger partial charge in [-0.2, -0.15) is 0 Å². The van der Waals surface area contributed by atoms with Gasteiger partial charge in [0.25, 0.3) is 0 Å². The first-order valence-electron chi connectivity index (χ1n) is 9.11. The van der Waals surface area contributed by atoms with Gasteiger partial charge < -0.3 is 24.1 Å². The molecular formula is C18H28O10. The second kappa shape index (κ2) is 13.6. The molecule has 0 saturated heterocycles. The van der Waals surface area contributed by atoms with Crippen molar-refractivity contribution in [1.29, 1.82) is 0 Å². The molecule has 1 N–H and O–H groups in total. The topological polar surface area (TPSA) is 142 Å². The fourth-order valence-electron chi connectivity index (χ4n) is 2.01. The Bertz CT molecular complexity index is 544. The summed E-state index contributed by atoms with van der Waals surface area (Å²) in [5, 5.41) is 9.64. The fourth-order valence-corrected chi connectivity index (χ4v) is 2.01. The minimum atomic E-state index is -1.63. The van der Waals surface area contributed by atoms with Crippen LogP contribution >= 0.6 is 0 Å². The van der Waals surface area contributed by atoms with Crippen LogP contribution in [-0.2, 0) is 42.9 Å². The number of carbonyl (C=O) groups is 5. The highest BCUT2D eigenvalue weighted by Gasteiger charge is 2.43. The van der Waals surface area contributed by atoms with E-state index in [1.54, 1.807) is 0 Å². The molecule has 0 fully saturated rings. The third kappa shape index (κ3) is 8.47. The summed E-state index contributed by atoms with van der Waals surface area (Å²) < 4.78 is 20.4. The number of aldehydes is 1. The Morgan fingerprint density at radius 1 is 0.714 bits per heavy atom. The smallest absolute Gasteiger partial charge is 0.306 e. The van der Waals surface area contributed by atoms with Gasteiger partial charge in [0.05, 0.1) is 6.61 Å². The van der Waals surface area contributed by atoms with Crippen LogP contribution < -0.4 is 0 Å². The van der Waals surface area contributed by atoms with Crippen molar-refractivity contribution in [3.63, 3.8) is 0 Å². The van der Waals surface area contributed by atoms with Crippen molar-refractivity contribution >= 4 is 30.2 Å². The minimum Gasteiger partial charge on any atom is -0.456 e. The number of hydrogen-bond donors (Lipinski definition) is 1. The van der Waals surface area contributed by atoms with Gasteiger partial charge >= 0.3 is 23.9 Å². The largest absolute Gasteiger partial charge is 0.456 e. The molecule has 0 aromatic carbocycles. The maximum atomic E-state index is 11.9. The molecule has 0 aliphatic carbocycles. The van der Waals surface area contributed by atoms with Gasteiger partial charge in [0.15, 0.2) is 30.7 Å². The van der Waals surface area contributed by atoms with Gasteiger partial charge in [0.1, 0.15) is 0 Å². The van der Waals surface area contributed by atoms with Crippen molar-refractivity contribution in [2.24, 2.45) is 0 Å². The predicted molar refractivity (Wildman–Crippen MR) is 93.8 cm³/mol. The zero-order valence-electron chi connectivity index (χ0n) is 16.5. The van der Waals surface area contributed by atoms with E-state index in [9.17, 15) is 29.1 Å². The Kier molecular flexibility index (Phi) is 12.4. The van der Waals surface area contributed by atoms with Gasteiger partial charge in [-0.05, 0) is 0 Å². The van der Waals surface area contributed by atoms with Crippen LogP contribution in [-0.4, -0.2) is 66.3 Å². The van der Waals surface area contributed by atoms with Crippen LogP contribution in [0.25, 0.3) is 0 Å². The lowest BCUT2D eigenvalue weighted by molar-refractivity contribution is -0.201. The molecule has 0 radical (unpaired) electrons. The predicted octanol–water partition coefficient (Wildman–Crippen LogP) is 0.465. The molecule has 0 aromatic heterocycles. The number of carbonyl (C=O) groups excluding carboxylic acids is 5. The normalized spacial score (nSPS) is 14.8. The zero-order valence-corrected chi connectivity index (χ0v) is 16.5. The van der Waals surface area contributed by atoms with Crippen LogP contribution in [0.3, 0.4) is 0 Å². The molecule has 160 valence electrons. The maximum Gasteiger partial charge on any atom is 0.306 e. The molecule has 10 nitrogen and oxygen atoms in total. The molecule has 0 unspecified atom stereocenters. The zero-order chi connectivity index (χ0) is 21.7. The van der Waals surface area contributed by atoms with E-state index in [0.717, 1.165) is 0 Å². The lowest BCUT2D eigenvalue weighted by Crippen LogP contribution is -2.53. The summed E-state index contributed by atoms with van der Waals surface area (Å²) in [7, 11) is 0. The lowest BCUT2D eigenvalue weighted by Gasteiger charge is -2.33. The van der Waals surface area contributed by atoms with Crippen LogP contribution in [0.4, 0.5) is 0 Å². The Morgan fingerprint density at radius 3 is 1.50 bits per heavy atom. The molecule has 0 spiro atoms. The lowest BCUT2D eigenvalue weighted by atomic mass is 10.0. The molecule has 28 heavy (non-hydrogen) atoms. The van der Waals surface area contributed by atoms with Crippen molar-refractivity contribution < 1.29 is 48.0 Å². The summed E-state index contributed by atoms with van der Waals surface area (Å²) in [6.45, 7) is 5.19. The van der Waals surface area contributed by atoms with Crippen LogP contribution in [0.2, 0.25) is 0 Å². The fraction of sp³-hybridized carbons (Fsp3) is 0.722. The quantitative estimate of drug-likeness (QED) is 0.261. The summed E-state index contributed by atoms with van der Waals surface area (Å²) in [5.41, 5.74) is 0. The molecule has 0 heterocycles. The second-order valence-corrected chi connectivity index (χ2v) is 5.62. The second-order valence-electron chi connectivity index (χ2n) is 5.62. The van der Waals surface area contributed by atoms with Gasteiger partial charge in [-0.25, -0.2) is 0 Å². The number of aliphatic hydroxyl groups is 1. The number of rotatable bonds is 13.